The van der Waals surface area contributed by atoms with Gasteiger partial charge in [0.1, 0.15) is 0 Å². The number of anilines is 1. The summed E-state index contributed by atoms with van der Waals surface area (Å²) in [5, 5.41) is 9.20. The van der Waals surface area contributed by atoms with Gasteiger partial charge in [0, 0.05) is 18.7 Å². The van der Waals surface area contributed by atoms with E-state index in [4.69, 9.17) is 5.73 Å². The molecule has 0 spiro atoms. The van der Waals surface area contributed by atoms with E-state index in [1.165, 1.54) is 0 Å². The molecule has 0 saturated carbocycles. The molecule has 1 amide bonds. The van der Waals surface area contributed by atoms with Crippen molar-refractivity contribution in [3.63, 3.8) is 0 Å². The van der Waals surface area contributed by atoms with E-state index in [1.807, 2.05) is 29.2 Å². The molecule has 1 unspecified atom stereocenters. The van der Waals surface area contributed by atoms with E-state index in [1.54, 1.807) is 0 Å². The standard InChI is InChI=1S/C14H20N2O2/c15-12-4-1-3-11(9-12)6-7-14(18)16-8-2-5-13(16)10-17/h1,3-4,9,13,17H,2,5-8,10,15H2. The number of aliphatic hydroxyl groups is 1. The van der Waals surface area contributed by atoms with Crippen LogP contribution in [0, 0.1) is 0 Å². The van der Waals surface area contributed by atoms with E-state index in [0.717, 1.165) is 30.6 Å². The van der Waals surface area contributed by atoms with Crippen molar-refractivity contribution in [3.8, 4) is 0 Å². The number of hydrogen-bond acceptors (Lipinski definition) is 3. The molecule has 18 heavy (non-hydrogen) atoms. The largest absolute Gasteiger partial charge is 0.399 e. The Kier molecular flexibility index (Phi) is 4.20. The van der Waals surface area contributed by atoms with Crippen molar-refractivity contribution in [1.82, 2.24) is 4.90 Å². The molecule has 1 aliphatic heterocycles. The lowest BCUT2D eigenvalue weighted by Crippen LogP contribution is -2.37. The highest BCUT2D eigenvalue weighted by atomic mass is 16.3. The number of rotatable bonds is 4. The minimum absolute atomic E-state index is 0.0262. The Morgan fingerprint density at radius 2 is 2.33 bits per heavy atom. The summed E-state index contributed by atoms with van der Waals surface area (Å²) in [5.41, 5.74) is 7.52. The second-order valence-electron chi connectivity index (χ2n) is 4.81. The number of carbonyl (C=O) groups excluding carboxylic acids is 1. The van der Waals surface area contributed by atoms with Gasteiger partial charge in [-0.3, -0.25) is 4.79 Å². The number of likely N-dealkylation sites (tertiary alicyclic amines) is 1. The van der Waals surface area contributed by atoms with E-state index < -0.39 is 0 Å². The molecule has 1 saturated heterocycles. The predicted octanol–water partition coefficient (Wildman–Crippen LogP) is 1.18. The average molecular weight is 248 g/mol. The molecule has 1 fully saturated rings. The highest BCUT2D eigenvalue weighted by Gasteiger charge is 2.27. The zero-order valence-corrected chi connectivity index (χ0v) is 10.5. The molecule has 4 heteroatoms. The van der Waals surface area contributed by atoms with Crippen molar-refractivity contribution >= 4 is 11.6 Å². The molecular formula is C14H20N2O2. The number of aliphatic hydroxyl groups excluding tert-OH is 1. The van der Waals surface area contributed by atoms with Crippen LogP contribution in [0.1, 0.15) is 24.8 Å². The van der Waals surface area contributed by atoms with Crippen molar-refractivity contribution in [2.24, 2.45) is 0 Å². The van der Waals surface area contributed by atoms with Crippen molar-refractivity contribution in [1.29, 1.82) is 0 Å². The quantitative estimate of drug-likeness (QED) is 0.786. The first-order chi connectivity index (χ1) is 8.70. The second kappa shape index (κ2) is 5.87. The summed E-state index contributed by atoms with van der Waals surface area (Å²) in [6.45, 7) is 0.852. The monoisotopic (exact) mass is 248 g/mol. The van der Waals surface area contributed by atoms with Crippen LogP contribution in [0.4, 0.5) is 5.69 Å². The van der Waals surface area contributed by atoms with Gasteiger partial charge in [-0.2, -0.15) is 0 Å². The van der Waals surface area contributed by atoms with Gasteiger partial charge < -0.3 is 15.7 Å². The van der Waals surface area contributed by atoms with Crippen LogP contribution in [-0.2, 0) is 11.2 Å². The van der Waals surface area contributed by atoms with Gasteiger partial charge in [0.15, 0.2) is 0 Å². The van der Waals surface area contributed by atoms with E-state index in [0.29, 0.717) is 12.8 Å². The Morgan fingerprint density at radius 1 is 1.50 bits per heavy atom. The lowest BCUT2D eigenvalue weighted by Gasteiger charge is -2.23. The SMILES string of the molecule is Nc1cccc(CCC(=O)N2CCCC2CO)c1. The number of nitrogens with two attached hydrogens (primary N) is 1. The first-order valence-electron chi connectivity index (χ1n) is 6.45. The molecule has 3 N–H and O–H groups in total. The molecule has 1 aromatic rings. The summed E-state index contributed by atoms with van der Waals surface area (Å²) in [6, 6.07) is 7.66. The van der Waals surface area contributed by atoms with Gasteiger partial charge in [-0.25, -0.2) is 0 Å². The molecule has 1 aromatic carbocycles. The van der Waals surface area contributed by atoms with E-state index in [2.05, 4.69) is 0 Å². The molecule has 0 aliphatic carbocycles. The fraction of sp³-hybridized carbons (Fsp3) is 0.500. The molecule has 1 heterocycles. The summed E-state index contributed by atoms with van der Waals surface area (Å²) >= 11 is 0. The van der Waals surface area contributed by atoms with Gasteiger partial charge in [0.2, 0.25) is 5.91 Å². The summed E-state index contributed by atoms with van der Waals surface area (Å²) in [6.07, 6.45) is 3.11. The van der Waals surface area contributed by atoms with Crippen LogP contribution >= 0.6 is 0 Å². The number of aryl methyl sites for hydroxylation is 1. The molecule has 0 aromatic heterocycles. The number of carbonyl (C=O) groups is 1. The van der Waals surface area contributed by atoms with Crippen LogP contribution in [0.3, 0.4) is 0 Å². The minimum Gasteiger partial charge on any atom is -0.399 e. The molecule has 98 valence electrons. The number of amides is 1. The van der Waals surface area contributed by atoms with Crippen molar-refractivity contribution in [3.05, 3.63) is 29.8 Å². The Balaban J connectivity index is 1.88. The molecule has 1 aliphatic rings. The molecular weight excluding hydrogens is 228 g/mol. The topological polar surface area (TPSA) is 66.6 Å². The molecule has 4 nitrogen and oxygen atoms in total. The highest BCUT2D eigenvalue weighted by Crippen LogP contribution is 2.18. The van der Waals surface area contributed by atoms with E-state index in [-0.39, 0.29) is 18.6 Å². The number of hydrogen-bond donors (Lipinski definition) is 2. The Morgan fingerprint density at radius 3 is 3.06 bits per heavy atom. The van der Waals surface area contributed by atoms with Crippen LogP contribution in [0.2, 0.25) is 0 Å². The van der Waals surface area contributed by atoms with Crippen molar-refractivity contribution in [2.45, 2.75) is 31.7 Å². The van der Waals surface area contributed by atoms with Gasteiger partial charge in [-0.15, -0.1) is 0 Å². The predicted molar refractivity (Wildman–Crippen MR) is 71.0 cm³/mol. The summed E-state index contributed by atoms with van der Waals surface area (Å²) in [5.74, 6) is 0.133. The van der Waals surface area contributed by atoms with Crippen LogP contribution in [0.25, 0.3) is 0 Å². The molecule has 0 bridgehead atoms. The van der Waals surface area contributed by atoms with Crippen LogP contribution in [-0.4, -0.2) is 35.1 Å². The second-order valence-corrected chi connectivity index (χ2v) is 4.81. The van der Waals surface area contributed by atoms with Gasteiger partial charge >= 0.3 is 0 Å². The Bertz CT molecular complexity index is 420. The summed E-state index contributed by atoms with van der Waals surface area (Å²) in [4.78, 5) is 13.9. The first-order valence-corrected chi connectivity index (χ1v) is 6.45. The zero-order chi connectivity index (χ0) is 13.0. The van der Waals surface area contributed by atoms with Crippen LogP contribution in [0.5, 0.6) is 0 Å². The van der Waals surface area contributed by atoms with Crippen LogP contribution in [0.15, 0.2) is 24.3 Å². The van der Waals surface area contributed by atoms with Crippen LogP contribution < -0.4 is 5.73 Å². The molecule has 2 rings (SSSR count). The van der Waals surface area contributed by atoms with Gasteiger partial charge in [0.05, 0.1) is 12.6 Å². The summed E-state index contributed by atoms with van der Waals surface area (Å²) < 4.78 is 0. The van der Waals surface area contributed by atoms with E-state index in [9.17, 15) is 9.90 Å². The van der Waals surface area contributed by atoms with Crippen molar-refractivity contribution < 1.29 is 9.90 Å². The Hall–Kier alpha value is -1.55. The van der Waals surface area contributed by atoms with E-state index >= 15 is 0 Å². The maximum Gasteiger partial charge on any atom is 0.223 e. The minimum atomic E-state index is 0.0262. The zero-order valence-electron chi connectivity index (χ0n) is 10.5. The normalized spacial score (nSPS) is 19.2. The smallest absolute Gasteiger partial charge is 0.223 e. The first kappa shape index (κ1) is 12.9. The van der Waals surface area contributed by atoms with Gasteiger partial charge in [-0.05, 0) is 37.0 Å². The molecule has 0 radical (unpaired) electrons. The maximum atomic E-state index is 12.1. The lowest BCUT2D eigenvalue weighted by molar-refractivity contribution is -0.132. The fourth-order valence-corrected chi connectivity index (χ4v) is 2.50. The number of nitrogens with zero attached hydrogens (tertiary/aromatic N) is 1. The van der Waals surface area contributed by atoms with Gasteiger partial charge in [0.25, 0.3) is 0 Å². The molecule has 1 atom stereocenters. The lowest BCUT2D eigenvalue weighted by atomic mass is 10.1. The fourth-order valence-electron chi connectivity index (χ4n) is 2.50. The third-order valence-electron chi connectivity index (χ3n) is 3.49. The van der Waals surface area contributed by atoms with Gasteiger partial charge in [-0.1, -0.05) is 12.1 Å². The average Bonchev–Trinajstić information content (AvgIpc) is 2.84. The highest BCUT2D eigenvalue weighted by molar-refractivity contribution is 5.77. The third-order valence-corrected chi connectivity index (χ3v) is 3.49. The maximum absolute atomic E-state index is 12.1. The Labute approximate surface area is 107 Å². The number of nitrogen functional groups attached to an aromatic ring is 1. The third kappa shape index (κ3) is 3.01. The number of benzene rings is 1. The summed E-state index contributed by atoms with van der Waals surface area (Å²) in [7, 11) is 0. The van der Waals surface area contributed by atoms with Crippen molar-refractivity contribution in [2.75, 3.05) is 18.9 Å².